The topological polar surface area (TPSA) is 66.9 Å². The van der Waals surface area contributed by atoms with Gasteiger partial charge in [0.25, 0.3) is 5.91 Å². The second-order valence-electron chi connectivity index (χ2n) is 8.28. The Kier molecular flexibility index (Phi) is 7.47. The Bertz CT molecular complexity index is 1050. The first-order valence-corrected chi connectivity index (χ1v) is 12.0. The summed E-state index contributed by atoms with van der Waals surface area (Å²) < 4.78 is 11.2. The summed E-state index contributed by atoms with van der Waals surface area (Å²) in [4.78, 5) is 21.8. The third kappa shape index (κ3) is 6.24. The lowest BCUT2D eigenvalue weighted by molar-refractivity contribution is 0.102. The number of rotatable bonds is 8. The van der Waals surface area contributed by atoms with Gasteiger partial charge in [0.15, 0.2) is 5.13 Å². The number of carbonyl (C=O) groups is 1. The maximum absolute atomic E-state index is 12.8. The molecule has 1 N–H and O–H groups in total. The van der Waals surface area contributed by atoms with E-state index in [0.29, 0.717) is 16.4 Å². The van der Waals surface area contributed by atoms with Crippen molar-refractivity contribution in [3.05, 3.63) is 65.2 Å². The highest BCUT2D eigenvalue weighted by Gasteiger charge is 2.19. The number of methoxy groups -OCH3 is 1. The minimum Gasteiger partial charge on any atom is -0.497 e. The normalized spacial score (nSPS) is 14.4. The van der Waals surface area contributed by atoms with Crippen LogP contribution in [-0.4, -0.2) is 55.2 Å². The van der Waals surface area contributed by atoms with Crippen LogP contribution in [0.15, 0.2) is 54.0 Å². The molecule has 0 unspecified atom stereocenters. The largest absolute Gasteiger partial charge is 0.497 e. The van der Waals surface area contributed by atoms with Gasteiger partial charge in [-0.15, -0.1) is 11.3 Å². The number of aromatic nitrogens is 1. The summed E-state index contributed by atoms with van der Waals surface area (Å²) >= 11 is 1.40. The Hall–Kier alpha value is -3.10. The molecule has 1 aliphatic rings. The lowest BCUT2D eigenvalue weighted by Crippen LogP contribution is -2.46. The van der Waals surface area contributed by atoms with E-state index in [1.807, 2.05) is 43.5 Å². The van der Waals surface area contributed by atoms with Crippen molar-refractivity contribution in [3.63, 3.8) is 0 Å². The van der Waals surface area contributed by atoms with Crippen molar-refractivity contribution in [2.24, 2.45) is 0 Å². The van der Waals surface area contributed by atoms with E-state index >= 15 is 0 Å². The molecule has 1 aliphatic heterocycles. The zero-order valence-electron chi connectivity index (χ0n) is 19.3. The molecule has 7 nitrogen and oxygen atoms in total. The fourth-order valence-corrected chi connectivity index (χ4v) is 4.42. The molecule has 33 heavy (non-hydrogen) atoms. The maximum Gasteiger partial charge on any atom is 0.257 e. The molecule has 1 amide bonds. The summed E-state index contributed by atoms with van der Waals surface area (Å²) in [7, 11) is 1.68. The van der Waals surface area contributed by atoms with E-state index in [0.717, 1.165) is 44.0 Å². The van der Waals surface area contributed by atoms with Gasteiger partial charge >= 0.3 is 0 Å². The van der Waals surface area contributed by atoms with Crippen molar-refractivity contribution in [3.8, 4) is 11.5 Å². The Morgan fingerprint density at radius 2 is 1.85 bits per heavy atom. The van der Waals surface area contributed by atoms with Gasteiger partial charge in [-0.3, -0.25) is 15.0 Å². The number of hydrogen-bond donors (Lipinski definition) is 1. The summed E-state index contributed by atoms with van der Waals surface area (Å²) in [5.74, 6) is 1.41. The van der Waals surface area contributed by atoms with Crippen molar-refractivity contribution >= 4 is 28.1 Å². The highest BCUT2D eigenvalue weighted by Crippen LogP contribution is 2.24. The first-order valence-electron chi connectivity index (χ1n) is 11.1. The van der Waals surface area contributed by atoms with Crippen LogP contribution in [0.25, 0.3) is 0 Å². The standard InChI is InChI=1S/C25H30N4O3S/c1-18(2)32-23-15-19(14-20(16-23)24(30)27-25-26-8-13-33-25)17-28-9-11-29(12-10-28)21-4-6-22(31-3)7-5-21/h4-8,13-16,18H,9-12,17H2,1-3H3,(H,26,27,30). The van der Waals surface area contributed by atoms with E-state index < -0.39 is 0 Å². The molecule has 2 aromatic carbocycles. The van der Waals surface area contributed by atoms with Crippen molar-refractivity contribution in [2.45, 2.75) is 26.5 Å². The fraction of sp³-hybridized carbons (Fsp3) is 0.360. The van der Waals surface area contributed by atoms with Gasteiger partial charge in [-0.1, -0.05) is 0 Å². The van der Waals surface area contributed by atoms with Crippen LogP contribution in [0.3, 0.4) is 0 Å². The predicted octanol–water partition coefficient (Wildman–Crippen LogP) is 4.51. The molecule has 2 heterocycles. The van der Waals surface area contributed by atoms with Gasteiger partial charge in [0.05, 0.1) is 13.2 Å². The number of benzene rings is 2. The predicted molar refractivity (Wildman–Crippen MR) is 133 cm³/mol. The molecule has 0 bridgehead atoms. The van der Waals surface area contributed by atoms with E-state index in [-0.39, 0.29) is 12.0 Å². The van der Waals surface area contributed by atoms with E-state index in [9.17, 15) is 4.79 Å². The number of nitrogens with zero attached hydrogens (tertiary/aromatic N) is 3. The summed E-state index contributed by atoms with van der Waals surface area (Å²) in [5.41, 5.74) is 2.86. The maximum atomic E-state index is 12.8. The molecular formula is C25H30N4O3S. The third-order valence-electron chi connectivity index (χ3n) is 5.47. The molecule has 0 spiro atoms. The molecule has 1 saturated heterocycles. The van der Waals surface area contributed by atoms with Gasteiger partial charge in [0, 0.05) is 55.6 Å². The third-order valence-corrected chi connectivity index (χ3v) is 6.16. The van der Waals surface area contributed by atoms with E-state index in [1.54, 1.807) is 19.4 Å². The molecule has 174 valence electrons. The van der Waals surface area contributed by atoms with Crippen LogP contribution in [0, 0.1) is 0 Å². The van der Waals surface area contributed by atoms with Gasteiger partial charge in [-0.05, 0) is 61.9 Å². The van der Waals surface area contributed by atoms with Crippen molar-refractivity contribution in [1.29, 1.82) is 0 Å². The SMILES string of the molecule is COc1ccc(N2CCN(Cc3cc(OC(C)C)cc(C(=O)Nc4nccs4)c3)CC2)cc1. The molecule has 1 fully saturated rings. The lowest BCUT2D eigenvalue weighted by atomic mass is 10.1. The second kappa shape index (κ2) is 10.7. The van der Waals surface area contributed by atoms with Gasteiger partial charge < -0.3 is 14.4 Å². The van der Waals surface area contributed by atoms with Gasteiger partial charge in [0.1, 0.15) is 11.5 Å². The number of nitrogens with one attached hydrogen (secondary N) is 1. The van der Waals surface area contributed by atoms with Crippen molar-refractivity contribution in [2.75, 3.05) is 43.5 Å². The van der Waals surface area contributed by atoms with Crippen molar-refractivity contribution in [1.82, 2.24) is 9.88 Å². The zero-order chi connectivity index (χ0) is 23.2. The molecule has 8 heteroatoms. The van der Waals surface area contributed by atoms with Crippen LogP contribution in [-0.2, 0) is 6.54 Å². The average Bonchev–Trinajstić information content (AvgIpc) is 3.32. The summed E-state index contributed by atoms with van der Waals surface area (Å²) in [6.07, 6.45) is 1.71. The van der Waals surface area contributed by atoms with Crippen LogP contribution < -0.4 is 19.7 Å². The Morgan fingerprint density at radius 3 is 2.48 bits per heavy atom. The van der Waals surface area contributed by atoms with Crippen LogP contribution in [0.4, 0.5) is 10.8 Å². The number of carbonyl (C=O) groups excluding carboxylic acids is 1. The van der Waals surface area contributed by atoms with Crippen LogP contribution in [0.1, 0.15) is 29.8 Å². The average molecular weight is 467 g/mol. The molecule has 0 radical (unpaired) electrons. The Morgan fingerprint density at radius 1 is 1.09 bits per heavy atom. The number of ether oxygens (including phenoxy) is 2. The number of anilines is 2. The van der Waals surface area contributed by atoms with Gasteiger partial charge in [-0.25, -0.2) is 4.98 Å². The molecule has 0 aliphatic carbocycles. The fourth-order valence-electron chi connectivity index (χ4n) is 3.89. The van der Waals surface area contributed by atoms with Gasteiger partial charge in [0.2, 0.25) is 0 Å². The Balaban J connectivity index is 1.42. The van der Waals surface area contributed by atoms with E-state index in [4.69, 9.17) is 9.47 Å². The summed E-state index contributed by atoms with van der Waals surface area (Å²) in [6, 6.07) is 14.0. The second-order valence-corrected chi connectivity index (χ2v) is 9.18. The van der Waals surface area contributed by atoms with E-state index in [2.05, 4.69) is 32.2 Å². The first-order chi connectivity index (χ1) is 16.0. The Labute approximate surface area is 199 Å². The lowest BCUT2D eigenvalue weighted by Gasteiger charge is -2.36. The molecule has 4 rings (SSSR count). The van der Waals surface area contributed by atoms with Crippen LogP contribution >= 0.6 is 11.3 Å². The smallest absolute Gasteiger partial charge is 0.257 e. The number of amides is 1. The van der Waals surface area contributed by atoms with Crippen molar-refractivity contribution < 1.29 is 14.3 Å². The van der Waals surface area contributed by atoms with E-state index in [1.165, 1.54) is 17.0 Å². The zero-order valence-corrected chi connectivity index (χ0v) is 20.1. The molecule has 1 aromatic heterocycles. The molecular weight excluding hydrogens is 436 g/mol. The quantitative estimate of drug-likeness (QED) is 0.527. The first kappa shape index (κ1) is 23.1. The molecule has 0 saturated carbocycles. The minimum absolute atomic E-state index is 0.0307. The number of hydrogen-bond acceptors (Lipinski definition) is 7. The highest BCUT2D eigenvalue weighted by molar-refractivity contribution is 7.13. The minimum atomic E-state index is -0.176. The number of piperazine rings is 1. The molecule has 3 aromatic rings. The monoisotopic (exact) mass is 466 g/mol. The summed E-state index contributed by atoms with van der Waals surface area (Å²) in [5, 5.41) is 5.29. The van der Waals surface area contributed by atoms with Crippen LogP contribution in [0.2, 0.25) is 0 Å². The molecule has 0 atom stereocenters. The van der Waals surface area contributed by atoms with Gasteiger partial charge in [-0.2, -0.15) is 0 Å². The highest BCUT2D eigenvalue weighted by atomic mass is 32.1. The van der Waals surface area contributed by atoms with Crippen LogP contribution in [0.5, 0.6) is 11.5 Å². The number of thiazole rings is 1. The summed E-state index contributed by atoms with van der Waals surface area (Å²) in [6.45, 7) is 8.53.